The normalized spacial score (nSPS) is 22.5. The van der Waals surface area contributed by atoms with E-state index in [1.807, 2.05) is 30.0 Å². The Bertz CT molecular complexity index is 535. The van der Waals surface area contributed by atoms with Gasteiger partial charge < -0.3 is 4.90 Å². The van der Waals surface area contributed by atoms with Crippen LogP contribution in [0.2, 0.25) is 5.02 Å². The van der Waals surface area contributed by atoms with E-state index in [1.165, 1.54) is 0 Å². The Morgan fingerprint density at radius 1 is 1.58 bits per heavy atom. The van der Waals surface area contributed by atoms with Gasteiger partial charge in [-0.2, -0.15) is 0 Å². The molecule has 1 aliphatic rings. The molecule has 0 aromatic heterocycles. The number of hydrogen-bond donors (Lipinski definition) is 0. The second kappa shape index (κ2) is 5.97. The second-order valence-electron chi connectivity index (χ2n) is 4.41. The van der Waals surface area contributed by atoms with E-state index in [1.54, 1.807) is 0 Å². The zero-order chi connectivity index (χ0) is 14.0. The quantitative estimate of drug-likeness (QED) is 0.328. The summed E-state index contributed by atoms with van der Waals surface area (Å²) >= 11 is 14.6. The van der Waals surface area contributed by atoms with Gasteiger partial charge in [-0.3, -0.25) is 4.79 Å². The Balaban J connectivity index is 2.20. The van der Waals surface area contributed by atoms with Gasteiger partial charge in [-0.25, -0.2) is 4.99 Å². The second-order valence-corrected chi connectivity index (χ2v) is 6.72. The number of benzene rings is 1. The molecule has 0 bridgehead atoms. The summed E-state index contributed by atoms with van der Waals surface area (Å²) in [6.45, 7) is 3.00. The lowest BCUT2D eigenvalue weighted by Crippen LogP contribution is -2.33. The molecular weight excluding hydrogens is 398 g/mol. The van der Waals surface area contributed by atoms with E-state index in [-0.39, 0.29) is 0 Å². The summed E-state index contributed by atoms with van der Waals surface area (Å²) in [6.07, 6.45) is 1.43. The van der Waals surface area contributed by atoms with Crippen molar-refractivity contribution in [1.29, 1.82) is 0 Å². The minimum Gasteiger partial charge on any atom is -0.352 e. The fourth-order valence-electron chi connectivity index (χ4n) is 2.05. The molecule has 2 rings (SSSR count). The summed E-state index contributed by atoms with van der Waals surface area (Å²) in [5.74, 6) is 0.844. The van der Waals surface area contributed by atoms with Crippen LogP contribution in [0.4, 0.5) is 0 Å². The van der Waals surface area contributed by atoms with E-state index >= 15 is 0 Å². The third-order valence-corrected chi connectivity index (χ3v) is 4.28. The summed E-state index contributed by atoms with van der Waals surface area (Å²) in [7, 11) is 0. The molecule has 0 N–H and O–H groups in total. The van der Waals surface area contributed by atoms with Crippen LogP contribution in [0.5, 0.6) is 0 Å². The number of hydrogen-bond acceptors (Lipinski definition) is 3. The lowest BCUT2D eigenvalue weighted by molar-refractivity contribution is -0.109. The third kappa shape index (κ3) is 3.41. The van der Waals surface area contributed by atoms with E-state index in [9.17, 15) is 4.79 Å². The minimum atomic E-state index is -1.14. The molecule has 1 aromatic rings. The minimum absolute atomic E-state index is 0.392. The lowest BCUT2D eigenvalue weighted by Gasteiger charge is -2.21. The van der Waals surface area contributed by atoms with Crippen LogP contribution in [0.3, 0.4) is 0 Å². The van der Waals surface area contributed by atoms with Crippen LogP contribution in [0, 0.1) is 3.57 Å². The molecule has 0 fully saturated rings. The van der Waals surface area contributed by atoms with Gasteiger partial charge in [0.15, 0.2) is 6.29 Å². The Hall–Kier alpha value is -0.330. The Labute approximate surface area is 136 Å². The van der Waals surface area contributed by atoms with Crippen molar-refractivity contribution in [2.45, 2.75) is 24.9 Å². The lowest BCUT2D eigenvalue weighted by atomic mass is 10.2. The number of halogens is 3. The highest BCUT2D eigenvalue weighted by molar-refractivity contribution is 14.1. The number of carbonyl (C=O) groups is 1. The fraction of sp³-hybridized carbons (Fsp3) is 0.385. The Morgan fingerprint density at radius 2 is 2.32 bits per heavy atom. The van der Waals surface area contributed by atoms with Gasteiger partial charge in [0.2, 0.25) is 5.00 Å². The summed E-state index contributed by atoms with van der Waals surface area (Å²) < 4.78 is 1.09. The predicted octanol–water partition coefficient (Wildman–Crippen LogP) is 3.70. The third-order valence-electron chi connectivity index (χ3n) is 2.97. The van der Waals surface area contributed by atoms with E-state index in [4.69, 9.17) is 23.2 Å². The number of nitrogens with zero attached hydrogens (tertiary/aromatic N) is 2. The first-order valence-corrected chi connectivity index (χ1v) is 7.74. The zero-order valence-corrected chi connectivity index (χ0v) is 14.0. The maximum Gasteiger partial charge on any atom is 0.207 e. The Kier molecular flexibility index (Phi) is 4.74. The standard InChI is InChI=1S/C13H13Cl2IN2O/c1-2-12-17-13(15,8-19)7-18(12)6-9-3-4-10(16)5-11(9)14/h3-5,8H,2,6-7H2,1H3. The first kappa shape index (κ1) is 15.1. The van der Waals surface area contributed by atoms with Crippen molar-refractivity contribution in [3.05, 3.63) is 32.4 Å². The van der Waals surface area contributed by atoms with Crippen molar-refractivity contribution in [3.63, 3.8) is 0 Å². The van der Waals surface area contributed by atoms with Gasteiger partial charge in [0, 0.05) is 21.6 Å². The zero-order valence-electron chi connectivity index (χ0n) is 10.4. The Morgan fingerprint density at radius 3 is 2.89 bits per heavy atom. The fourth-order valence-corrected chi connectivity index (χ4v) is 3.21. The van der Waals surface area contributed by atoms with Crippen molar-refractivity contribution < 1.29 is 4.79 Å². The van der Waals surface area contributed by atoms with Crippen molar-refractivity contribution in [2.75, 3.05) is 6.54 Å². The van der Waals surface area contributed by atoms with Crippen molar-refractivity contribution >= 4 is 57.9 Å². The number of amidine groups is 1. The molecule has 0 saturated carbocycles. The number of rotatable bonds is 4. The molecule has 0 spiro atoms. The van der Waals surface area contributed by atoms with E-state index in [0.29, 0.717) is 19.4 Å². The van der Waals surface area contributed by atoms with E-state index in [0.717, 1.165) is 26.4 Å². The average Bonchev–Trinajstić information content (AvgIpc) is 2.70. The van der Waals surface area contributed by atoms with Crippen LogP contribution in [0.15, 0.2) is 23.2 Å². The topological polar surface area (TPSA) is 32.7 Å². The molecule has 6 heteroatoms. The van der Waals surface area contributed by atoms with Gasteiger partial charge in [-0.15, -0.1) is 0 Å². The van der Waals surface area contributed by atoms with Crippen LogP contribution in [0.25, 0.3) is 0 Å². The largest absolute Gasteiger partial charge is 0.352 e. The molecule has 0 saturated heterocycles. The monoisotopic (exact) mass is 410 g/mol. The van der Waals surface area contributed by atoms with Gasteiger partial charge in [0.05, 0.1) is 6.54 Å². The molecule has 0 amide bonds. The highest BCUT2D eigenvalue weighted by Crippen LogP contribution is 2.28. The molecule has 1 aromatic carbocycles. The first-order valence-electron chi connectivity index (χ1n) is 5.90. The maximum atomic E-state index is 11.0. The van der Waals surface area contributed by atoms with Crippen molar-refractivity contribution in [2.24, 2.45) is 4.99 Å². The van der Waals surface area contributed by atoms with Gasteiger partial charge in [-0.05, 0) is 40.3 Å². The summed E-state index contributed by atoms with van der Waals surface area (Å²) in [6, 6.07) is 5.92. The number of alkyl halides is 1. The molecule has 102 valence electrons. The smallest absolute Gasteiger partial charge is 0.207 e. The number of aldehydes is 1. The molecule has 19 heavy (non-hydrogen) atoms. The van der Waals surface area contributed by atoms with E-state index < -0.39 is 5.00 Å². The maximum absolute atomic E-state index is 11.0. The molecule has 1 aliphatic heterocycles. The first-order chi connectivity index (χ1) is 8.97. The van der Waals surface area contributed by atoms with Gasteiger partial charge in [0.1, 0.15) is 5.84 Å². The van der Waals surface area contributed by atoms with Crippen LogP contribution >= 0.6 is 45.8 Å². The van der Waals surface area contributed by atoms with Crippen LogP contribution in [-0.4, -0.2) is 28.6 Å². The highest BCUT2D eigenvalue weighted by Gasteiger charge is 2.36. The SMILES string of the molecule is CCC1=NC(Cl)(C=O)CN1Cc1ccc(I)cc1Cl. The molecular formula is C13H13Cl2IN2O. The summed E-state index contributed by atoms with van der Waals surface area (Å²) in [5, 5.41) is 0.723. The summed E-state index contributed by atoms with van der Waals surface area (Å²) in [4.78, 5) is 16.2. The van der Waals surface area contributed by atoms with Gasteiger partial charge in [-0.1, -0.05) is 36.2 Å². The molecule has 3 nitrogen and oxygen atoms in total. The van der Waals surface area contributed by atoms with Gasteiger partial charge in [0.25, 0.3) is 0 Å². The van der Waals surface area contributed by atoms with Crippen LogP contribution in [0.1, 0.15) is 18.9 Å². The van der Waals surface area contributed by atoms with Crippen molar-refractivity contribution in [3.8, 4) is 0 Å². The molecule has 1 heterocycles. The van der Waals surface area contributed by atoms with Crippen LogP contribution in [-0.2, 0) is 11.3 Å². The van der Waals surface area contributed by atoms with E-state index in [2.05, 4.69) is 27.6 Å². The number of aliphatic imine (C=N–C) groups is 1. The molecule has 1 atom stereocenters. The highest BCUT2D eigenvalue weighted by atomic mass is 127. The average molecular weight is 411 g/mol. The molecule has 0 radical (unpaired) electrons. The predicted molar refractivity (Wildman–Crippen MR) is 87.0 cm³/mol. The molecule has 0 aliphatic carbocycles. The van der Waals surface area contributed by atoms with Gasteiger partial charge >= 0.3 is 0 Å². The molecule has 1 unspecified atom stereocenters. The summed E-state index contributed by atoms with van der Waals surface area (Å²) in [5.41, 5.74) is 1.01. The van der Waals surface area contributed by atoms with Crippen molar-refractivity contribution in [1.82, 2.24) is 4.90 Å². The number of carbonyl (C=O) groups excluding carboxylic acids is 1. The van der Waals surface area contributed by atoms with Crippen LogP contribution < -0.4 is 0 Å².